The fraction of sp³-hybridized carbons (Fsp3) is 0.945. The second-order valence-electron chi connectivity index (χ2n) is 19.1. The third-order valence-corrected chi connectivity index (χ3v) is 12.9. The molecule has 0 rings (SSSR count). The predicted octanol–water partition coefficient (Wildman–Crippen LogP) is 17.8. The molecular formula is C55H106O6. The smallest absolute Gasteiger partial charge is 0.306 e. The number of carbonyl (C=O) groups excluding carboxylic acids is 3. The molecule has 0 aliphatic carbocycles. The van der Waals surface area contributed by atoms with Gasteiger partial charge in [0.2, 0.25) is 0 Å². The van der Waals surface area contributed by atoms with E-state index < -0.39 is 6.10 Å². The van der Waals surface area contributed by atoms with Crippen LogP contribution in [0, 0.1) is 5.92 Å². The number of hydrogen-bond donors (Lipinski definition) is 0. The highest BCUT2D eigenvalue weighted by Gasteiger charge is 2.19. The van der Waals surface area contributed by atoms with Crippen molar-refractivity contribution in [2.75, 3.05) is 13.2 Å². The van der Waals surface area contributed by atoms with E-state index in [4.69, 9.17) is 14.2 Å². The molecule has 0 saturated heterocycles. The second kappa shape index (κ2) is 49.4. The summed E-state index contributed by atoms with van der Waals surface area (Å²) in [4.78, 5) is 38.0. The van der Waals surface area contributed by atoms with E-state index in [2.05, 4.69) is 27.7 Å². The van der Waals surface area contributed by atoms with Gasteiger partial charge in [0.25, 0.3) is 0 Å². The third-order valence-electron chi connectivity index (χ3n) is 12.9. The predicted molar refractivity (Wildman–Crippen MR) is 261 cm³/mol. The first kappa shape index (κ1) is 59.4. The first-order valence-corrected chi connectivity index (χ1v) is 27.4. The van der Waals surface area contributed by atoms with Crippen molar-refractivity contribution in [3.8, 4) is 0 Å². The molecule has 0 radical (unpaired) electrons. The average molecular weight is 863 g/mol. The second-order valence-corrected chi connectivity index (χ2v) is 19.1. The number of ether oxygens (including phenoxy) is 3. The molecule has 0 aromatic rings. The minimum absolute atomic E-state index is 0.0623. The zero-order valence-electron chi connectivity index (χ0n) is 41.6. The van der Waals surface area contributed by atoms with Crippen LogP contribution in [-0.4, -0.2) is 37.2 Å². The van der Waals surface area contributed by atoms with Crippen LogP contribution in [-0.2, 0) is 28.6 Å². The van der Waals surface area contributed by atoms with Gasteiger partial charge in [0.1, 0.15) is 13.2 Å². The molecule has 6 nitrogen and oxygen atoms in total. The van der Waals surface area contributed by atoms with Crippen molar-refractivity contribution in [2.24, 2.45) is 5.92 Å². The Hall–Kier alpha value is -1.59. The summed E-state index contributed by atoms with van der Waals surface area (Å²) >= 11 is 0. The van der Waals surface area contributed by atoms with E-state index in [1.165, 1.54) is 205 Å². The molecule has 2 atom stereocenters. The van der Waals surface area contributed by atoms with E-state index in [9.17, 15) is 14.4 Å². The van der Waals surface area contributed by atoms with E-state index in [-0.39, 0.29) is 31.1 Å². The molecule has 0 bridgehead atoms. The van der Waals surface area contributed by atoms with Gasteiger partial charge in [-0.25, -0.2) is 0 Å². The molecule has 0 aromatic carbocycles. The van der Waals surface area contributed by atoms with E-state index >= 15 is 0 Å². The largest absolute Gasteiger partial charge is 0.462 e. The Morgan fingerprint density at radius 1 is 0.328 bits per heavy atom. The molecule has 0 heterocycles. The molecule has 0 aliphatic rings. The Bertz CT molecular complexity index is 920. The standard InChI is InChI=1S/C55H106O6/c1-5-8-10-12-14-16-18-19-23-27-30-34-38-42-46-53(56)59-49-52(61-55(58)48-44-40-36-32-25-17-15-13-11-9-6-2)50-60-54(57)47-43-39-35-31-28-24-21-20-22-26-29-33-37-41-45-51(4)7-3/h51-52H,5-50H2,1-4H3/t51?,52-/m0/s1. The van der Waals surface area contributed by atoms with Crippen molar-refractivity contribution in [3.05, 3.63) is 0 Å². The highest BCUT2D eigenvalue weighted by molar-refractivity contribution is 5.71. The molecule has 0 aromatic heterocycles. The van der Waals surface area contributed by atoms with Crippen LogP contribution in [0.1, 0.15) is 310 Å². The van der Waals surface area contributed by atoms with Gasteiger partial charge in [0.15, 0.2) is 6.10 Å². The van der Waals surface area contributed by atoms with Crippen molar-refractivity contribution in [1.29, 1.82) is 0 Å². The van der Waals surface area contributed by atoms with Gasteiger partial charge in [-0.05, 0) is 25.2 Å². The van der Waals surface area contributed by atoms with Crippen molar-refractivity contribution in [2.45, 2.75) is 316 Å². The maximum atomic E-state index is 12.8. The average Bonchev–Trinajstić information content (AvgIpc) is 3.26. The van der Waals surface area contributed by atoms with Crippen molar-refractivity contribution in [1.82, 2.24) is 0 Å². The summed E-state index contributed by atoms with van der Waals surface area (Å²) in [5.74, 6) is 0.0555. The summed E-state index contributed by atoms with van der Waals surface area (Å²) in [5, 5.41) is 0. The van der Waals surface area contributed by atoms with Crippen LogP contribution in [0.5, 0.6) is 0 Å². The minimum Gasteiger partial charge on any atom is -0.462 e. The molecule has 6 heteroatoms. The van der Waals surface area contributed by atoms with Crippen molar-refractivity contribution in [3.63, 3.8) is 0 Å². The van der Waals surface area contributed by atoms with Crippen LogP contribution in [0.4, 0.5) is 0 Å². The number of esters is 3. The highest BCUT2D eigenvalue weighted by Crippen LogP contribution is 2.18. The summed E-state index contributed by atoms with van der Waals surface area (Å²) in [6, 6.07) is 0. The Morgan fingerprint density at radius 3 is 0.852 bits per heavy atom. The van der Waals surface area contributed by atoms with E-state index in [0.717, 1.165) is 63.7 Å². The first-order chi connectivity index (χ1) is 29.9. The molecule has 0 amide bonds. The topological polar surface area (TPSA) is 78.9 Å². The molecule has 1 unspecified atom stereocenters. The van der Waals surface area contributed by atoms with Gasteiger partial charge in [-0.3, -0.25) is 14.4 Å². The van der Waals surface area contributed by atoms with Gasteiger partial charge >= 0.3 is 17.9 Å². The molecule has 0 spiro atoms. The Labute approximate surface area is 380 Å². The van der Waals surface area contributed by atoms with Gasteiger partial charge in [-0.2, -0.15) is 0 Å². The summed E-state index contributed by atoms with van der Waals surface area (Å²) in [6.45, 7) is 9.08. The van der Waals surface area contributed by atoms with Gasteiger partial charge in [-0.15, -0.1) is 0 Å². The molecule has 0 aliphatic heterocycles. The third kappa shape index (κ3) is 47.7. The maximum Gasteiger partial charge on any atom is 0.306 e. The molecular weight excluding hydrogens is 757 g/mol. The van der Waals surface area contributed by atoms with E-state index in [1.54, 1.807) is 0 Å². The normalized spacial score (nSPS) is 12.4. The fourth-order valence-corrected chi connectivity index (χ4v) is 8.36. The molecule has 0 saturated carbocycles. The summed E-state index contributed by atoms with van der Waals surface area (Å²) in [6.07, 6.45) is 52.2. The lowest BCUT2D eigenvalue weighted by Crippen LogP contribution is -2.30. The van der Waals surface area contributed by atoms with Crippen LogP contribution in [0.2, 0.25) is 0 Å². The van der Waals surface area contributed by atoms with Crippen molar-refractivity contribution < 1.29 is 28.6 Å². The molecule has 0 fully saturated rings. The number of hydrogen-bond acceptors (Lipinski definition) is 6. The van der Waals surface area contributed by atoms with Gasteiger partial charge in [0.05, 0.1) is 0 Å². The summed E-state index contributed by atoms with van der Waals surface area (Å²) < 4.78 is 16.8. The summed E-state index contributed by atoms with van der Waals surface area (Å²) in [5.41, 5.74) is 0. The van der Waals surface area contributed by atoms with Crippen molar-refractivity contribution >= 4 is 17.9 Å². The number of carbonyl (C=O) groups is 3. The lowest BCUT2D eigenvalue weighted by atomic mass is 9.99. The number of rotatable bonds is 50. The van der Waals surface area contributed by atoms with Crippen LogP contribution in [0.3, 0.4) is 0 Å². The van der Waals surface area contributed by atoms with Crippen LogP contribution in [0.15, 0.2) is 0 Å². The Balaban J connectivity index is 4.26. The van der Waals surface area contributed by atoms with Gasteiger partial charge in [0, 0.05) is 19.3 Å². The molecule has 0 N–H and O–H groups in total. The Kier molecular flexibility index (Phi) is 48.1. The van der Waals surface area contributed by atoms with E-state index in [1.807, 2.05) is 0 Å². The maximum absolute atomic E-state index is 12.8. The zero-order valence-corrected chi connectivity index (χ0v) is 41.6. The van der Waals surface area contributed by atoms with Crippen LogP contribution >= 0.6 is 0 Å². The van der Waals surface area contributed by atoms with Gasteiger partial charge < -0.3 is 14.2 Å². The summed E-state index contributed by atoms with van der Waals surface area (Å²) in [7, 11) is 0. The molecule has 362 valence electrons. The SMILES string of the molecule is CCCCCCCCCCCCCCCCC(=O)OC[C@@H](COC(=O)CCCCCCCCCCCCCCCCC(C)CC)OC(=O)CCCCCCCCCCCCC. The first-order valence-electron chi connectivity index (χ1n) is 27.4. The lowest BCUT2D eigenvalue weighted by Gasteiger charge is -2.18. The highest BCUT2D eigenvalue weighted by atomic mass is 16.6. The molecule has 61 heavy (non-hydrogen) atoms. The lowest BCUT2D eigenvalue weighted by molar-refractivity contribution is -0.167. The van der Waals surface area contributed by atoms with Crippen LogP contribution < -0.4 is 0 Å². The monoisotopic (exact) mass is 863 g/mol. The fourth-order valence-electron chi connectivity index (χ4n) is 8.36. The zero-order chi connectivity index (χ0) is 44.5. The van der Waals surface area contributed by atoms with E-state index in [0.29, 0.717) is 19.3 Å². The number of unbranched alkanes of at least 4 members (excludes halogenated alkanes) is 36. The minimum atomic E-state index is -0.760. The van der Waals surface area contributed by atoms with Gasteiger partial charge in [-0.1, -0.05) is 272 Å². The Morgan fingerprint density at radius 2 is 0.574 bits per heavy atom. The van der Waals surface area contributed by atoms with Crippen LogP contribution in [0.25, 0.3) is 0 Å². The quantitative estimate of drug-likeness (QED) is 0.0344.